The van der Waals surface area contributed by atoms with Crippen LogP contribution in [-0.4, -0.2) is 39.4 Å². The van der Waals surface area contributed by atoms with E-state index >= 15 is 0 Å². The molecule has 0 spiro atoms. The van der Waals surface area contributed by atoms with E-state index in [9.17, 15) is 14.7 Å². The van der Waals surface area contributed by atoms with Crippen LogP contribution >= 0.6 is 11.6 Å². The number of halogens is 1. The molecule has 2 aliphatic rings. The van der Waals surface area contributed by atoms with Crippen molar-refractivity contribution >= 4 is 40.0 Å². The van der Waals surface area contributed by atoms with Crippen LogP contribution in [0.5, 0.6) is 5.75 Å². The standard InChI is InChI=1S/C26H25ClN2O4/c1-28-14-19(17-9-5-6-10-21(17)28)23-22(24(30)18-13-16(33-2)11-12-20(18)27)25(31)26(32)29(23)15-7-3-4-8-15/h5-6,9-15,23,30H,3-4,7-8H2,1-2H3/b24-22+. The van der Waals surface area contributed by atoms with E-state index in [1.54, 1.807) is 23.1 Å². The molecule has 0 bridgehead atoms. The highest BCUT2D eigenvalue weighted by Gasteiger charge is 2.50. The van der Waals surface area contributed by atoms with Gasteiger partial charge in [-0.1, -0.05) is 42.6 Å². The number of aliphatic hydroxyl groups is 1. The van der Waals surface area contributed by atoms with E-state index < -0.39 is 17.7 Å². The molecule has 33 heavy (non-hydrogen) atoms. The average molecular weight is 465 g/mol. The molecule has 3 aromatic rings. The van der Waals surface area contributed by atoms with Crippen molar-refractivity contribution in [3.63, 3.8) is 0 Å². The monoisotopic (exact) mass is 464 g/mol. The van der Waals surface area contributed by atoms with Gasteiger partial charge in [0.2, 0.25) is 0 Å². The number of aliphatic hydroxyl groups excluding tert-OH is 1. The Kier molecular flexibility index (Phi) is 5.41. The molecule has 0 radical (unpaired) electrons. The molecule has 1 atom stereocenters. The maximum absolute atomic E-state index is 13.4. The lowest BCUT2D eigenvalue weighted by molar-refractivity contribution is -0.141. The van der Waals surface area contributed by atoms with Gasteiger partial charge in [0.25, 0.3) is 11.7 Å². The van der Waals surface area contributed by atoms with Crippen LogP contribution in [0, 0.1) is 0 Å². The third-order valence-corrected chi connectivity index (χ3v) is 7.18. The normalized spacial score (nSPS) is 20.8. The van der Waals surface area contributed by atoms with E-state index in [0.717, 1.165) is 42.1 Å². The number of carbonyl (C=O) groups is 2. The van der Waals surface area contributed by atoms with Crippen LogP contribution in [0.1, 0.15) is 42.9 Å². The summed E-state index contributed by atoms with van der Waals surface area (Å²) in [6.45, 7) is 0. The van der Waals surface area contributed by atoms with Crippen LogP contribution in [0.25, 0.3) is 16.7 Å². The fourth-order valence-corrected chi connectivity index (χ4v) is 5.47. The van der Waals surface area contributed by atoms with Gasteiger partial charge in [-0.15, -0.1) is 0 Å². The summed E-state index contributed by atoms with van der Waals surface area (Å²) in [7, 11) is 3.45. The van der Waals surface area contributed by atoms with Crippen molar-refractivity contribution in [1.29, 1.82) is 0 Å². The predicted octanol–water partition coefficient (Wildman–Crippen LogP) is 5.20. The van der Waals surface area contributed by atoms with Crippen molar-refractivity contribution < 1.29 is 19.4 Å². The number of rotatable bonds is 4. The highest BCUT2D eigenvalue weighted by atomic mass is 35.5. The Morgan fingerprint density at radius 2 is 1.85 bits per heavy atom. The van der Waals surface area contributed by atoms with E-state index in [-0.39, 0.29) is 28.0 Å². The van der Waals surface area contributed by atoms with Gasteiger partial charge in [0.1, 0.15) is 11.5 Å². The summed E-state index contributed by atoms with van der Waals surface area (Å²) in [4.78, 5) is 28.4. The summed E-state index contributed by atoms with van der Waals surface area (Å²) < 4.78 is 7.27. The Bertz CT molecular complexity index is 1300. The fraction of sp³-hybridized carbons (Fsp3) is 0.308. The zero-order chi connectivity index (χ0) is 23.3. The summed E-state index contributed by atoms with van der Waals surface area (Å²) in [6, 6.07) is 12.0. The van der Waals surface area contributed by atoms with Gasteiger partial charge in [0.05, 0.1) is 23.7 Å². The summed E-state index contributed by atoms with van der Waals surface area (Å²) in [5.74, 6) is -1.04. The van der Waals surface area contributed by atoms with Crippen molar-refractivity contribution in [3.05, 3.63) is 70.4 Å². The average Bonchev–Trinajstić information content (AvgIpc) is 3.52. The lowest BCUT2D eigenvalue weighted by Gasteiger charge is -2.30. The van der Waals surface area contributed by atoms with Crippen LogP contribution in [0.3, 0.4) is 0 Å². The van der Waals surface area contributed by atoms with E-state index in [2.05, 4.69) is 0 Å². The number of ketones is 1. The molecule has 1 amide bonds. The molecule has 1 aliphatic carbocycles. The molecule has 1 aromatic heterocycles. The molecule has 2 aromatic carbocycles. The molecule has 170 valence electrons. The minimum absolute atomic E-state index is 0.0449. The number of fused-ring (bicyclic) bond motifs is 1. The second-order valence-corrected chi connectivity index (χ2v) is 9.11. The first-order valence-electron chi connectivity index (χ1n) is 11.1. The SMILES string of the molecule is COc1ccc(Cl)c(/C(O)=C2\C(=O)C(=O)N(C3CCCC3)C2c2cn(C)c3ccccc23)c1. The second kappa shape index (κ2) is 8.27. The number of methoxy groups -OCH3 is 1. The van der Waals surface area contributed by atoms with Crippen LogP contribution in [0.4, 0.5) is 0 Å². The van der Waals surface area contributed by atoms with Gasteiger partial charge in [0, 0.05) is 41.3 Å². The summed E-state index contributed by atoms with van der Waals surface area (Å²) in [5, 5.41) is 12.6. The smallest absolute Gasteiger partial charge is 0.295 e. The van der Waals surface area contributed by atoms with Gasteiger partial charge in [-0.2, -0.15) is 0 Å². The van der Waals surface area contributed by atoms with Gasteiger partial charge in [0.15, 0.2) is 0 Å². The van der Waals surface area contributed by atoms with Crippen molar-refractivity contribution in [2.45, 2.75) is 37.8 Å². The Labute approximate surface area is 197 Å². The van der Waals surface area contributed by atoms with Gasteiger partial charge >= 0.3 is 0 Å². The number of para-hydroxylation sites is 1. The first-order valence-corrected chi connectivity index (χ1v) is 11.5. The number of benzene rings is 2. The number of aromatic nitrogens is 1. The molecule has 5 rings (SSSR count). The number of hydrogen-bond donors (Lipinski definition) is 1. The maximum Gasteiger partial charge on any atom is 0.295 e. The Hall–Kier alpha value is -3.25. The van der Waals surface area contributed by atoms with E-state index in [4.69, 9.17) is 16.3 Å². The molecular weight excluding hydrogens is 440 g/mol. The number of carbonyl (C=O) groups excluding carboxylic acids is 2. The highest BCUT2D eigenvalue weighted by molar-refractivity contribution is 6.47. The minimum atomic E-state index is -0.693. The predicted molar refractivity (Wildman–Crippen MR) is 127 cm³/mol. The summed E-state index contributed by atoms with van der Waals surface area (Å²) >= 11 is 6.40. The van der Waals surface area contributed by atoms with Gasteiger partial charge in [-0.3, -0.25) is 9.59 Å². The van der Waals surface area contributed by atoms with Gasteiger partial charge in [-0.05, 0) is 37.1 Å². The number of ether oxygens (including phenoxy) is 1. The van der Waals surface area contributed by atoms with Crippen molar-refractivity contribution in [3.8, 4) is 5.75 Å². The molecule has 1 saturated heterocycles. The fourth-order valence-electron chi connectivity index (χ4n) is 5.26. The second-order valence-electron chi connectivity index (χ2n) is 8.70. The number of amides is 1. The van der Waals surface area contributed by atoms with E-state index in [1.165, 1.54) is 7.11 Å². The number of Topliss-reactive ketones (excluding diaryl/α,β-unsaturated/α-hetero) is 1. The van der Waals surface area contributed by atoms with Crippen molar-refractivity contribution in [1.82, 2.24) is 9.47 Å². The number of likely N-dealkylation sites (tertiary alicyclic amines) is 1. The quantitative estimate of drug-likeness (QED) is 0.327. The topological polar surface area (TPSA) is 71.8 Å². The summed E-state index contributed by atoms with van der Waals surface area (Å²) in [5.41, 5.74) is 2.15. The number of hydrogen-bond acceptors (Lipinski definition) is 4. The molecule has 2 fully saturated rings. The molecule has 1 saturated carbocycles. The third kappa shape index (κ3) is 3.40. The van der Waals surface area contributed by atoms with Gasteiger partial charge in [-0.25, -0.2) is 0 Å². The molecule has 7 heteroatoms. The minimum Gasteiger partial charge on any atom is -0.507 e. The summed E-state index contributed by atoms with van der Waals surface area (Å²) in [6.07, 6.45) is 5.65. The van der Waals surface area contributed by atoms with E-state index in [1.807, 2.05) is 42.1 Å². The maximum atomic E-state index is 13.4. The largest absolute Gasteiger partial charge is 0.507 e. The zero-order valence-electron chi connectivity index (χ0n) is 18.5. The number of aryl methyl sites for hydroxylation is 1. The lowest BCUT2D eigenvalue weighted by Crippen LogP contribution is -2.37. The van der Waals surface area contributed by atoms with Crippen LogP contribution < -0.4 is 4.74 Å². The Morgan fingerprint density at radius 1 is 1.12 bits per heavy atom. The molecular formula is C26H25ClN2O4. The van der Waals surface area contributed by atoms with Gasteiger partial charge < -0.3 is 19.3 Å². The molecule has 1 unspecified atom stereocenters. The number of nitrogens with zero attached hydrogens (tertiary/aromatic N) is 2. The highest BCUT2D eigenvalue weighted by Crippen LogP contribution is 2.46. The molecule has 1 N–H and O–H groups in total. The van der Waals surface area contributed by atoms with Crippen LogP contribution in [0.15, 0.2) is 54.2 Å². The van der Waals surface area contributed by atoms with Crippen LogP contribution in [-0.2, 0) is 16.6 Å². The first-order chi connectivity index (χ1) is 15.9. The third-order valence-electron chi connectivity index (χ3n) is 6.85. The van der Waals surface area contributed by atoms with Crippen molar-refractivity contribution in [2.75, 3.05) is 7.11 Å². The van der Waals surface area contributed by atoms with Crippen molar-refractivity contribution in [2.24, 2.45) is 7.05 Å². The molecule has 6 nitrogen and oxygen atoms in total. The Morgan fingerprint density at radius 3 is 2.58 bits per heavy atom. The lowest BCUT2D eigenvalue weighted by atomic mass is 9.94. The first kappa shape index (κ1) is 21.6. The van der Waals surface area contributed by atoms with Crippen LogP contribution in [0.2, 0.25) is 5.02 Å². The van der Waals surface area contributed by atoms with E-state index in [0.29, 0.717) is 5.75 Å². The Balaban J connectivity index is 1.78. The zero-order valence-corrected chi connectivity index (χ0v) is 19.3. The molecule has 2 heterocycles. The molecule has 1 aliphatic heterocycles.